The molecule has 24 heavy (non-hydrogen) atoms. The lowest BCUT2D eigenvalue weighted by Crippen LogP contribution is -1.91. The minimum absolute atomic E-state index is 0.0174. The molecule has 0 fully saturated rings. The Balaban J connectivity index is 0.000000141. The van der Waals surface area contributed by atoms with Crippen LogP contribution in [0.2, 0.25) is 0 Å². The van der Waals surface area contributed by atoms with Crippen LogP contribution in [0, 0.1) is 0 Å². The van der Waals surface area contributed by atoms with Crippen LogP contribution in [0.1, 0.15) is 20.2 Å². The van der Waals surface area contributed by atoms with E-state index < -0.39 is 11.9 Å². The molecule has 0 radical (unpaired) electrons. The van der Waals surface area contributed by atoms with Gasteiger partial charge in [-0.25, -0.2) is 9.59 Å². The van der Waals surface area contributed by atoms with E-state index in [0.717, 1.165) is 15.5 Å². The molecular weight excluding hydrogens is 328 g/mol. The summed E-state index contributed by atoms with van der Waals surface area (Å²) in [7, 11) is 0. The van der Waals surface area contributed by atoms with Crippen LogP contribution in [0.5, 0.6) is 0 Å². The molecule has 2 aromatic carbocycles. The van der Waals surface area contributed by atoms with Crippen molar-refractivity contribution in [3.63, 3.8) is 0 Å². The Morgan fingerprint density at radius 2 is 1.50 bits per heavy atom. The molecule has 0 aliphatic heterocycles. The Morgan fingerprint density at radius 1 is 0.833 bits per heavy atom. The number of furan rings is 1. The average Bonchev–Trinajstić information content (AvgIpc) is 3.19. The number of para-hydroxylation sites is 1. The number of carboxylic acid groups (broad SMARTS) is 2. The highest BCUT2D eigenvalue weighted by Crippen LogP contribution is 2.24. The number of carbonyl (C=O) groups is 2. The van der Waals surface area contributed by atoms with Crippen LogP contribution in [-0.2, 0) is 0 Å². The topological polar surface area (TPSA) is 87.7 Å². The van der Waals surface area contributed by atoms with E-state index in [0.29, 0.717) is 10.5 Å². The number of fused-ring (bicyclic) bond motifs is 2. The fourth-order valence-electron chi connectivity index (χ4n) is 2.17. The van der Waals surface area contributed by atoms with Crippen LogP contribution >= 0.6 is 11.3 Å². The molecule has 0 atom stereocenters. The fraction of sp³-hybridized carbons (Fsp3) is 0. The second kappa shape index (κ2) is 6.55. The van der Waals surface area contributed by atoms with E-state index in [4.69, 9.17) is 14.6 Å². The van der Waals surface area contributed by atoms with Gasteiger partial charge in [0.1, 0.15) is 10.5 Å². The molecule has 5 nitrogen and oxygen atoms in total. The Labute approximate surface area is 140 Å². The third kappa shape index (κ3) is 3.28. The zero-order valence-corrected chi connectivity index (χ0v) is 13.1. The smallest absolute Gasteiger partial charge is 0.371 e. The summed E-state index contributed by atoms with van der Waals surface area (Å²) in [6.45, 7) is 0. The molecule has 6 heteroatoms. The summed E-state index contributed by atoms with van der Waals surface area (Å²) >= 11 is 1.31. The first kappa shape index (κ1) is 15.8. The molecule has 2 N–H and O–H groups in total. The van der Waals surface area contributed by atoms with E-state index in [1.807, 2.05) is 36.4 Å². The average molecular weight is 340 g/mol. The molecule has 0 saturated heterocycles. The van der Waals surface area contributed by atoms with Crippen molar-refractivity contribution in [2.45, 2.75) is 0 Å². The maximum Gasteiger partial charge on any atom is 0.371 e. The number of carboxylic acids is 2. The van der Waals surface area contributed by atoms with Gasteiger partial charge in [0, 0.05) is 10.1 Å². The Hall–Kier alpha value is -3.12. The molecule has 2 aromatic heterocycles. The molecule has 0 bridgehead atoms. The first-order chi connectivity index (χ1) is 11.5. The van der Waals surface area contributed by atoms with Crippen molar-refractivity contribution < 1.29 is 24.2 Å². The first-order valence-corrected chi connectivity index (χ1v) is 7.80. The largest absolute Gasteiger partial charge is 0.477 e. The monoisotopic (exact) mass is 340 g/mol. The lowest BCUT2D eigenvalue weighted by molar-refractivity contribution is 0.0662. The van der Waals surface area contributed by atoms with Gasteiger partial charge < -0.3 is 14.6 Å². The zero-order chi connectivity index (χ0) is 17.1. The van der Waals surface area contributed by atoms with Crippen molar-refractivity contribution in [1.82, 2.24) is 0 Å². The summed E-state index contributed by atoms with van der Waals surface area (Å²) in [5.41, 5.74) is 0.606. The van der Waals surface area contributed by atoms with Crippen LogP contribution in [0.25, 0.3) is 21.1 Å². The number of benzene rings is 2. The van der Waals surface area contributed by atoms with Crippen molar-refractivity contribution in [2.75, 3.05) is 0 Å². The predicted molar refractivity (Wildman–Crippen MR) is 92.0 cm³/mol. The Bertz CT molecular complexity index is 878. The molecule has 0 saturated carbocycles. The molecule has 4 rings (SSSR count). The summed E-state index contributed by atoms with van der Waals surface area (Å²) in [5, 5.41) is 19.1. The second-order valence-corrected chi connectivity index (χ2v) is 5.99. The second-order valence-electron chi connectivity index (χ2n) is 4.91. The third-order valence-electron chi connectivity index (χ3n) is 3.27. The van der Waals surface area contributed by atoms with Gasteiger partial charge in [-0.15, -0.1) is 11.3 Å². The normalized spacial score (nSPS) is 10.3. The zero-order valence-electron chi connectivity index (χ0n) is 12.3. The predicted octanol–water partition coefficient (Wildman–Crippen LogP) is 4.73. The van der Waals surface area contributed by atoms with Crippen LogP contribution in [0.3, 0.4) is 0 Å². The van der Waals surface area contributed by atoms with Gasteiger partial charge in [0.25, 0.3) is 0 Å². The maximum atomic E-state index is 10.6. The molecule has 0 aliphatic rings. The molecule has 0 unspecified atom stereocenters. The summed E-state index contributed by atoms with van der Waals surface area (Å²) in [4.78, 5) is 21.5. The number of hydrogen-bond acceptors (Lipinski definition) is 4. The van der Waals surface area contributed by atoms with Crippen LogP contribution in [0.4, 0.5) is 0 Å². The van der Waals surface area contributed by atoms with E-state index >= 15 is 0 Å². The molecule has 2 heterocycles. The number of thiophene rings is 1. The van der Waals surface area contributed by atoms with Crippen LogP contribution in [0.15, 0.2) is 65.1 Å². The van der Waals surface area contributed by atoms with Crippen molar-refractivity contribution in [3.05, 3.63) is 71.3 Å². The summed E-state index contributed by atoms with van der Waals surface area (Å²) < 4.78 is 6.05. The van der Waals surface area contributed by atoms with E-state index in [9.17, 15) is 9.59 Å². The van der Waals surface area contributed by atoms with E-state index in [2.05, 4.69) is 0 Å². The molecule has 4 aromatic rings. The van der Waals surface area contributed by atoms with Crippen molar-refractivity contribution in [2.24, 2.45) is 0 Å². The summed E-state index contributed by atoms with van der Waals surface area (Å²) in [6.07, 6.45) is 0. The van der Waals surface area contributed by atoms with Gasteiger partial charge in [-0.05, 0) is 29.7 Å². The minimum Gasteiger partial charge on any atom is -0.477 e. The highest BCUT2D eigenvalue weighted by Gasteiger charge is 2.08. The molecule has 120 valence electrons. The molecular formula is C18H12O5S. The summed E-state index contributed by atoms with van der Waals surface area (Å²) in [6, 6.07) is 18.0. The molecule has 0 aliphatic carbocycles. The highest BCUT2D eigenvalue weighted by molar-refractivity contribution is 7.20. The van der Waals surface area contributed by atoms with E-state index in [1.165, 1.54) is 17.4 Å². The van der Waals surface area contributed by atoms with Crippen molar-refractivity contribution >= 4 is 44.3 Å². The van der Waals surface area contributed by atoms with Gasteiger partial charge in [-0.1, -0.05) is 36.4 Å². The SMILES string of the molecule is O=C(O)c1cc2ccccc2o1.O=C(O)c1cc2ccccc2s1. The van der Waals surface area contributed by atoms with Crippen molar-refractivity contribution in [1.29, 1.82) is 0 Å². The van der Waals surface area contributed by atoms with E-state index in [1.54, 1.807) is 18.2 Å². The first-order valence-electron chi connectivity index (χ1n) is 6.98. The highest BCUT2D eigenvalue weighted by atomic mass is 32.1. The van der Waals surface area contributed by atoms with Gasteiger partial charge in [0.15, 0.2) is 0 Å². The van der Waals surface area contributed by atoms with Gasteiger partial charge in [-0.3, -0.25) is 0 Å². The number of rotatable bonds is 2. The molecule has 0 amide bonds. The summed E-state index contributed by atoms with van der Waals surface area (Å²) in [5.74, 6) is -1.90. The lowest BCUT2D eigenvalue weighted by Gasteiger charge is -1.83. The quantitative estimate of drug-likeness (QED) is 0.551. The van der Waals surface area contributed by atoms with Gasteiger partial charge in [0.2, 0.25) is 5.76 Å². The number of aromatic carboxylic acids is 2. The number of hydrogen-bond donors (Lipinski definition) is 2. The fourth-order valence-corrected chi connectivity index (χ4v) is 3.08. The lowest BCUT2D eigenvalue weighted by atomic mass is 10.2. The van der Waals surface area contributed by atoms with Crippen molar-refractivity contribution in [3.8, 4) is 0 Å². The van der Waals surface area contributed by atoms with E-state index in [-0.39, 0.29) is 5.76 Å². The maximum absolute atomic E-state index is 10.6. The van der Waals surface area contributed by atoms with Crippen LogP contribution in [-0.4, -0.2) is 22.2 Å². The standard InChI is InChI=1S/C9H6O3.C9H6O2S/c2*10-9(11)8-5-6-3-1-2-4-7(6)12-8/h2*1-5H,(H,10,11). The van der Waals surface area contributed by atoms with Gasteiger partial charge in [-0.2, -0.15) is 0 Å². The Kier molecular flexibility index (Phi) is 4.31. The Morgan fingerprint density at radius 3 is 2.12 bits per heavy atom. The third-order valence-corrected chi connectivity index (χ3v) is 4.38. The van der Waals surface area contributed by atoms with Gasteiger partial charge >= 0.3 is 11.9 Å². The van der Waals surface area contributed by atoms with Crippen LogP contribution < -0.4 is 0 Å². The minimum atomic E-state index is -1.04. The van der Waals surface area contributed by atoms with Gasteiger partial charge in [0.05, 0.1) is 0 Å². The molecule has 0 spiro atoms.